The highest BCUT2D eigenvalue weighted by molar-refractivity contribution is 6.17. The Labute approximate surface area is 103 Å². The van der Waals surface area contributed by atoms with Crippen LogP contribution in [0.1, 0.15) is 0 Å². The lowest BCUT2D eigenvalue weighted by Crippen LogP contribution is -2.26. The van der Waals surface area contributed by atoms with Crippen LogP contribution in [0.25, 0.3) is 10.9 Å². The third-order valence-corrected chi connectivity index (χ3v) is 2.45. The largest absolute Gasteiger partial charge is 0.378 e. The standard InChI is InChI=1S/C11H12ClN3O2/c12-5-7-17-8-6-15-11(16)9-3-1-2-4-10(9)13-14-15/h1-4H,5-8H2. The number of benzene rings is 1. The van der Waals surface area contributed by atoms with Gasteiger partial charge in [-0.1, -0.05) is 17.3 Å². The fraction of sp³-hybridized carbons (Fsp3) is 0.364. The molecule has 0 radical (unpaired) electrons. The van der Waals surface area contributed by atoms with Crippen LogP contribution < -0.4 is 5.56 Å². The van der Waals surface area contributed by atoms with Crippen LogP contribution in [0.5, 0.6) is 0 Å². The topological polar surface area (TPSA) is 57.0 Å². The van der Waals surface area contributed by atoms with Crippen LogP contribution in [0.4, 0.5) is 0 Å². The van der Waals surface area contributed by atoms with Crippen molar-refractivity contribution < 1.29 is 4.74 Å². The van der Waals surface area contributed by atoms with E-state index in [2.05, 4.69) is 10.3 Å². The minimum Gasteiger partial charge on any atom is -0.378 e. The first-order chi connectivity index (χ1) is 8.33. The van der Waals surface area contributed by atoms with Crippen molar-refractivity contribution in [3.63, 3.8) is 0 Å². The average molecular weight is 254 g/mol. The van der Waals surface area contributed by atoms with Crippen LogP contribution in [-0.4, -0.2) is 34.1 Å². The zero-order chi connectivity index (χ0) is 12.1. The van der Waals surface area contributed by atoms with Crippen molar-refractivity contribution in [2.75, 3.05) is 19.1 Å². The Hall–Kier alpha value is -1.46. The molecule has 0 bridgehead atoms. The first-order valence-corrected chi connectivity index (χ1v) is 5.82. The molecule has 0 aliphatic heterocycles. The lowest BCUT2D eigenvalue weighted by Gasteiger charge is -2.04. The summed E-state index contributed by atoms with van der Waals surface area (Å²) in [5.41, 5.74) is 0.459. The van der Waals surface area contributed by atoms with Gasteiger partial charge in [0.1, 0.15) is 5.52 Å². The van der Waals surface area contributed by atoms with Crippen LogP contribution in [0.2, 0.25) is 0 Å². The van der Waals surface area contributed by atoms with Gasteiger partial charge in [0, 0.05) is 5.88 Å². The maximum atomic E-state index is 12.0. The van der Waals surface area contributed by atoms with Gasteiger partial charge in [-0.2, -0.15) is 0 Å². The number of ether oxygens (including phenoxy) is 1. The van der Waals surface area contributed by atoms with E-state index in [4.69, 9.17) is 16.3 Å². The molecule has 0 fully saturated rings. The van der Waals surface area contributed by atoms with Crippen LogP contribution in [0.3, 0.4) is 0 Å². The van der Waals surface area contributed by atoms with Crippen LogP contribution in [-0.2, 0) is 11.3 Å². The molecule has 0 spiro atoms. The summed E-state index contributed by atoms with van der Waals surface area (Å²) in [4.78, 5) is 12.0. The Morgan fingerprint density at radius 2 is 2.12 bits per heavy atom. The lowest BCUT2D eigenvalue weighted by atomic mass is 10.2. The van der Waals surface area contributed by atoms with E-state index in [1.165, 1.54) is 4.68 Å². The van der Waals surface area contributed by atoms with E-state index in [9.17, 15) is 4.79 Å². The van der Waals surface area contributed by atoms with Crippen molar-refractivity contribution in [2.24, 2.45) is 0 Å². The maximum absolute atomic E-state index is 12.0. The summed E-state index contributed by atoms with van der Waals surface area (Å²) in [5, 5.41) is 8.39. The van der Waals surface area contributed by atoms with Gasteiger partial charge in [0.05, 0.1) is 25.1 Å². The van der Waals surface area contributed by atoms with Gasteiger partial charge in [-0.3, -0.25) is 4.79 Å². The third kappa shape index (κ3) is 2.81. The molecule has 1 aromatic carbocycles. The quantitative estimate of drug-likeness (QED) is 0.590. The summed E-state index contributed by atoms with van der Waals surface area (Å²) in [5.74, 6) is 0.443. The minimum atomic E-state index is -0.148. The van der Waals surface area contributed by atoms with Crippen LogP contribution in [0, 0.1) is 0 Å². The molecule has 0 saturated carbocycles. The summed E-state index contributed by atoms with van der Waals surface area (Å²) >= 11 is 5.47. The van der Waals surface area contributed by atoms with Gasteiger partial charge >= 0.3 is 0 Å². The highest BCUT2D eigenvalue weighted by Crippen LogP contribution is 2.02. The molecule has 5 nitrogen and oxygen atoms in total. The molecule has 6 heteroatoms. The first-order valence-electron chi connectivity index (χ1n) is 5.29. The van der Waals surface area contributed by atoms with Gasteiger partial charge < -0.3 is 4.74 Å². The summed E-state index contributed by atoms with van der Waals surface area (Å²) < 4.78 is 6.50. The molecule has 1 heterocycles. The Bertz CT molecular complexity index is 556. The average Bonchev–Trinajstić information content (AvgIpc) is 2.37. The van der Waals surface area contributed by atoms with Gasteiger partial charge in [-0.25, -0.2) is 4.68 Å². The van der Waals surface area contributed by atoms with E-state index in [1.807, 2.05) is 6.07 Å². The molecule has 0 atom stereocenters. The predicted molar refractivity (Wildman–Crippen MR) is 65.3 cm³/mol. The number of hydrogen-bond donors (Lipinski definition) is 0. The zero-order valence-electron chi connectivity index (χ0n) is 9.17. The SMILES string of the molecule is O=c1c2ccccc2nnn1CCOCCCl. The predicted octanol–water partition coefficient (Wildman–Crippen LogP) is 1.05. The smallest absolute Gasteiger partial charge is 0.277 e. The van der Waals surface area contributed by atoms with Crippen molar-refractivity contribution in [3.8, 4) is 0 Å². The van der Waals surface area contributed by atoms with Crippen molar-refractivity contribution in [3.05, 3.63) is 34.6 Å². The molecule has 0 aliphatic carbocycles. The fourth-order valence-electron chi connectivity index (χ4n) is 1.48. The highest BCUT2D eigenvalue weighted by atomic mass is 35.5. The lowest BCUT2D eigenvalue weighted by molar-refractivity contribution is 0.136. The van der Waals surface area contributed by atoms with E-state index >= 15 is 0 Å². The van der Waals surface area contributed by atoms with Gasteiger partial charge in [0.25, 0.3) is 5.56 Å². The van der Waals surface area contributed by atoms with E-state index in [-0.39, 0.29) is 5.56 Å². The summed E-state index contributed by atoms with van der Waals surface area (Å²) in [6.07, 6.45) is 0. The highest BCUT2D eigenvalue weighted by Gasteiger charge is 2.04. The number of hydrogen-bond acceptors (Lipinski definition) is 4. The van der Waals surface area contributed by atoms with Crippen molar-refractivity contribution >= 4 is 22.5 Å². The molecule has 90 valence electrons. The third-order valence-electron chi connectivity index (χ3n) is 2.30. The van der Waals surface area contributed by atoms with Crippen molar-refractivity contribution in [1.82, 2.24) is 15.0 Å². The Morgan fingerprint density at radius 1 is 1.29 bits per heavy atom. The molecule has 0 unspecified atom stereocenters. The Balaban J connectivity index is 2.18. The summed E-state index contributed by atoms with van der Waals surface area (Å²) in [6, 6.07) is 7.13. The molecule has 1 aromatic heterocycles. The zero-order valence-corrected chi connectivity index (χ0v) is 9.93. The normalized spacial score (nSPS) is 10.9. The second-order valence-corrected chi connectivity index (χ2v) is 3.81. The summed E-state index contributed by atoms with van der Waals surface area (Å²) in [6.45, 7) is 1.25. The van der Waals surface area contributed by atoms with E-state index in [0.717, 1.165) is 0 Å². The Morgan fingerprint density at radius 3 is 2.94 bits per heavy atom. The van der Waals surface area contributed by atoms with Gasteiger partial charge in [-0.15, -0.1) is 16.7 Å². The first kappa shape index (κ1) is 12.0. The number of nitrogens with zero attached hydrogens (tertiary/aromatic N) is 3. The second-order valence-electron chi connectivity index (χ2n) is 3.44. The number of rotatable bonds is 5. The summed E-state index contributed by atoms with van der Waals surface area (Å²) in [7, 11) is 0. The molecular weight excluding hydrogens is 242 g/mol. The second kappa shape index (κ2) is 5.75. The molecule has 0 amide bonds. The van der Waals surface area contributed by atoms with E-state index < -0.39 is 0 Å². The van der Waals surface area contributed by atoms with E-state index in [1.54, 1.807) is 18.2 Å². The molecule has 2 rings (SSSR count). The number of alkyl halides is 1. The molecule has 0 aliphatic rings. The Kier molecular flexibility index (Phi) is 4.06. The molecule has 0 N–H and O–H groups in total. The molecular formula is C11H12ClN3O2. The molecule has 2 aromatic rings. The van der Waals surface area contributed by atoms with E-state index in [0.29, 0.717) is 36.5 Å². The van der Waals surface area contributed by atoms with Gasteiger partial charge in [0.15, 0.2) is 0 Å². The maximum Gasteiger partial charge on any atom is 0.277 e. The molecule has 0 saturated heterocycles. The van der Waals surface area contributed by atoms with Crippen LogP contribution >= 0.6 is 11.6 Å². The number of fused-ring (bicyclic) bond motifs is 1. The fourth-order valence-corrected chi connectivity index (χ4v) is 1.59. The van der Waals surface area contributed by atoms with Crippen LogP contribution in [0.15, 0.2) is 29.1 Å². The van der Waals surface area contributed by atoms with Crippen molar-refractivity contribution in [1.29, 1.82) is 0 Å². The monoisotopic (exact) mass is 253 g/mol. The number of halogens is 1. The van der Waals surface area contributed by atoms with Gasteiger partial charge in [0.2, 0.25) is 0 Å². The minimum absolute atomic E-state index is 0.148. The van der Waals surface area contributed by atoms with Crippen molar-refractivity contribution in [2.45, 2.75) is 6.54 Å². The molecule has 17 heavy (non-hydrogen) atoms. The number of aromatic nitrogens is 3. The van der Waals surface area contributed by atoms with Gasteiger partial charge in [-0.05, 0) is 12.1 Å².